The minimum absolute atomic E-state index is 0.151. The zero-order valence-electron chi connectivity index (χ0n) is 10.2. The summed E-state index contributed by atoms with van der Waals surface area (Å²) in [6.45, 7) is 0.299. The summed E-state index contributed by atoms with van der Waals surface area (Å²) in [5.74, 6) is 0.191. The smallest absolute Gasteiger partial charge is 0.176 e. The van der Waals surface area contributed by atoms with Crippen LogP contribution in [0.4, 0.5) is 0 Å². The molecule has 1 aliphatic rings. The molecular formula is C15H9Cl3O2. The molecule has 2 nitrogen and oxygen atoms in total. The molecule has 20 heavy (non-hydrogen) atoms. The normalized spacial score (nSPS) is 16.6. The van der Waals surface area contributed by atoms with E-state index in [0.717, 1.165) is 11.3 Å². The van der Waals surface area contributed by atoms with Gasteiger partial charge in [0.2, 0.25) is 0 Å². The van der Waals surface area contributed by atoms with E-state index in [0.29, 0.717) is 17.2 Å². The molecule has 0 aliphatic carbocycles. The van der Waals surface area contributed by atoms with Gasteiger partial charge in [-0.15, -0.1) is 0 Å². The first-order valence-electron chi connectivity index (χ1n) is 5.98. The molecule has 0 spiro atoms. The lowest BCUT2D eigenvalue weighted by atomic mass is 9.92. The number of carbonyl (C=O) groups excluding carboxylic acids is 1. The van der Waals surface area contributed by atoms with Crippen LogP contribution in [0.5, 0.6) is 5.75 Å². The van der Waals surface area contributed by atoms with Crippen molar-refractivity contribution >= 4 is 40.6 Å². The summed E-state index contributed by atoms with van der Waals surface area (Å²) >= 11 is 18.1. The van der Waals surface area contributed by atoms with Gasteiger partial charge >= 0.3 is 0 Å². The molecule has 0 amide bonds. The van der Waals surface area contributed by atoms with E-state index in [4.69, 9.17) is 39.5 Å². The van der Waals surface area contributed by atoms with Gasteiger partial charge in [-0.1, -0.05) is 53.0 Å². The highest BCUT2D eigenvalue weighted by Crippen LogP contribution is 2.39. The summed E-state index contributed by atoms with van der Waals surface area (Å²) in [4.78, 5) is 12.7. The number of Topliss-reactive ketones (excluding diaryl/α,β-unsaturated/α-hetero) is 1. The fourth-order valence-corrected chi connectivity index (χ4v) is 3.33. The number of carbonyl (C=O) groups is 1. The second-order valence-electron chi connectivity index (χ2n) is 4.51. The summed E-state index contributed by atoms with van der Waals surface area (Å²) in [6, 6.07) is 10.5. The molecule has 0 saturated heterocycles. The second-order valence-corrected chi connectivity index (χ2v) is 5.76. The molecular weight excluding hydrogens is 319 g/mol. The fourth-order valence-electron chi connectivity index (χ4n) is 2.33. The van der Waals surface area contributed by atoms with Crippen LogP contribution in [-0.4, -0.2) is 12.4 Å². The highest BCUT2D eigenvalue weighted by atomic mass is 35.5. The molecule has 0 radical (unpaired) electrons. The van der Waals surface area contributed by atoms with Crippen LogP contribution in [-0.2, 0) is 0 Å². The maximum Gasteiger partial charge on any atom is 0.176 e. The first-order valence-corrected chi connectivity index (χ1v) is 7.12. The van der Waals surface area contributed by atoms with Crippen LogP contribution in [0.1, 0.15) is 21.8 Å². The van der Waals surface area contributed by atoms with Crippen LogP contribution < -0.4 is 4.74 Å². The Morgan fingerprint density at radius 3 is 2.45 bits per heavy atom. The topological polar surface area (TPSA) is 26.3 Å². The van der Waals surface area contributed by atoms with Crippen molar-refractivity contribution in [2.75, 3.05) is 6.61 Å². The molecule has 2 aromatic rings. The van der Waals surface area contributed by atoms with E-state index in [1.54, 1.807) is 0 Å². The molecule has 1 atom stereocenters. The maximum absolute atomic E-state index is 12.7. The summed E-state index contributed by atoms with van der Waals surface area (Å²) in [5.41, 5.74) is 1.16. The van der Waals surface area contributed by atoms with Crippen LogP contribution in [0.15, 0.2) is 36.4 Å². The Morgan fingerprint density at radius 1 is 1.10 bits per heavy atom. The molecule has 2 aromatic carbocycles. The van der Waals surface area contributed by atoms with Crippen LogP contribution in [0, 0.1) is 0 Å². The van der Waals surface area contributed by atoms with Crippen molar-refractivity contribution in [1.82, 2.24) is 0 Å². The molecule has 0 fully saturated rings. The number of halogens is 3. The van der Waals surface area contributed by atoms with E-state index in [-0.39, 0.29) is 21.7 Å². The predicted octanol–water partition coefficient (Wildman–Crippen LogP) is 5.01. The largest absolute Gasteiger partial charge is 0.492 e. The second kappa shape index (κ2) is 5.28. The Morgan fingerprint density at radius 2 is 1.75 bits per heavy atom. The van der Waals surface area contributed by atoms with Crippen LogP contribution in [0.3, 0.4) is 0 Å². The monoisotopic (exact) mass is 326 g/mol. The summed E-state index contributed by atoms with van der Waals surface area (Å²) < 4.78 is 5.52. The fraction of sp³-hybridized carbons (Fsp3) is 0.133. The average molecular weight is 328 g/mol. The van der Waals surface area contributed by atoms with E-state index in [9.17, 15) is 4.79 Å². The van der Waals surface area contributed by atoms with E-state index in [1.165, 1.54) is 12.1 Å². The molecule has 1 unspecified atom stereocenters. The van der Waals surface area contributed by atoms with Crippen molar-refractivity contribution in [2.45, 2.75) is 5.92 Å². The number of benzene rings is 2. The molecule has 0 N–H and O–H groups in total. The Bertz CT molecular complexity index is 674. The number of para-hydroxylation sites is 1. The van der Waals surface area contributed by atoms with Gasteiger partial charge in [0.05, 0.1) is 21.5 Å². The molecule has 5 heteroatoms. The van der Waals surface area contributed by atoms with Crippen molar-refractivity contribution in [3.8, 4) is 5.75 Å². The SMILES string of the molecule is O=C(c1c(Cl)cc(Cl)cc1Cl)C1COc2ccccc21. The molecule has 102 valence electrons. The number of hydrogen-bond acceptors (Lipinski definition) is 2. The molecule has 0 bridgehead atoms. The Balaban J connectivity index is 2.03. The van der Waals surface area contributed by atoms with Crippen molar-refractivity contribution < 1.29 is 9.53 Å². The first-order chi connectivity index (χ1) is 9.58. The van der Waals surface area contributed by atoms with E-state index < -0.39 is 0 Å². The third-order valence-electron chi connectivity index (χ3n) is 3.27. The van der Waals surface area contributed by atoms with Gasteiger partial charge in [-0.05, 0) is 18.2 Å². The lowest BCUT2D eigenvalue weighted by molar-refractivity contribution is 0.0948. The van der Waals surface area contributed by atoms with Crippen molar-refractivity contribution in [1.29, 1.82) is 0 Å². The van der Waals surface area contributed by atoms with E-state index in [1.807, 2.05) is 24.3 Å². The minimum atomic E-state index is -0.387. The molecule has 1 heterocycles. The Hall–Kier alpha value is -1.22. The number of rotatable bonds is 2. The van der Waals surface area contributed by atoms with Crippen molar-refractivity contribution in [3.63, 3.8) is 0 Å². The zero-order chi connectivity index (χ0) is 14.3. The van der Waals surface area contributed by atoms with Gasteiger partial charge in [0, 0.05) is 10.6 Å². The third-order valence-corrected chi connectivity index (χ3v) is 4.08. The van der Waals surface area contributed by atoms with Gasteiger partial charge in [-0.25, -0.2) is 0 Å². The van der Waals surface area contributed by atoms with Gasteiger partial charge in [0.25, 0.3) is 0 Å². The Labute approximate surface area is 131 Å². The number of fused-ring (bicyclic) bond motifs is 1. The Kier molecular flexibility index (Phi) is 3.63. The number of hydrogen-bond donors (Lipinski definition) is 0. The molecule has 3 rings (SSSR count). The number of ether oxygens (including phenoxy) is 1. The van der Waals surface area contributed by atoms with Gasteiger partial charge < -0.3 is 4.74 Å². The van der Waals surface area contributed by atoms with Gasteiger partial charge in [-0.3, -0.25) is 4.79 Å². The van der Waals surface area contributed by atoms with Crippen LogP contribution >= 0.6 is 34.8 Å². The molecule has 0 saturated carbocycles. The summed E-state index contributed by atoms with van der Waals surface area (Å²) in [6.07, 6.45) is 0. The van der Waals surface area contributed by atoms with Gasteiger partial charge in [0.1, 0.15) is 12.4 Å². The van der Waals surface area contributed by atoms with Crippen LogP contribution in [0.25, 0.3) is 0 Å². The average Bonchev–Trinajstić information content (AvgIpc) is 2.81. The minimum Gasteiger partial charge on any atom is -0.492 e. The van der Waals surface area contributed by atoms with E-state index >= 15 is 0 Å². The first kappa shape index (κ1) is 13.7. The maximum atomic E-state index is 12.7. The summed E-state index contributed by atoms with van der Waals surface area (Å²) in [5, 5.41) is 0.924. The zero-order valence-corrected chi connectivity index (χ0v) is 12.5. The number of ketones is 1. The summed E-state index contributed by atoms with van der Waals surface area (Å²) in [7, 11) is 0. The van der Waals surface area contributed by atoms with Crippen molar-refractivity contribution in [3.05, 3.63) is 62.6 Å². The van der Waals surface area contributed by atoms with Crippen LogP contribution in [0.2, 0.25) is 15.1 Å². The third kappa shape index (κ3) is 2.28. The lowest BCUT2D eigenvalue weighted by Crippen LogP contribution is -2.15. The highest BCUT2D eigenvalue weighted by molar-refractivity contribution is 6.42. The van der Waals surface area contributed by atoms with Gasteiger partial charge in [-0.2, -0.15) is 0 Å². The van der Waals surface area contributed by atoms with Crippen molar-refractivity contribution in [2.24, 2.45) is 0 Å². The predicted molar refractivity (Wildman–Crippen MR) is 80.5 cm³/mol. The van der Waals surface area contributed by atoms with E-state index in [2.05, 4.69) is 0 Å². The quantitative estimate of drug-likeness (QED) is 0.725. The lowest BCUT2D eigenvalue weighted by Gasteiger charge is -2.11. The standard InChI is InChI=1S/C15H9Cl3O2/c16-8-5-11(17)14(12(18)6-8)15(19)10-7-20-13-4-2-1-3-9(10)13/h1-6,10H,7H2. The molecule has 0 aromatic heterocycles. The van der Waals surface area contributed by atoms with Gasteiger partial charge in [0.15, 0.2) is 5.78 Å². The highest BCUT2D eigenvalue weighted by Gasteiger charge is 2.32. The molecule has 1 aliphatic heterocycles.